The molecule has 1 aromatic carbocycles. The normalized spacial score (nSPS) is 11.1. The first-order chi connectivity index (χ1) is 8.33. The number of sulfonamides is 1. The first kappa shape index (κ1) is 14.7. The number of rotatable bonds is 5. The van der Waals surface area contributed by atoms with Crippen LogP contribution in [0.15, 0.2) is 18.2 Å². The van der Waals surface area contributed by atoms with E-state index in [1.54, 1.807) is 6.07 Å². The van der Waals surface area contributed by atoms with E-state index < -0.39 is 15.9 Å². The summed E-state index contributed by atoms with van der Waals surface area (Å²) in [4.78, 5) is 11.8. The van der Waals surface area contributed by atoms with Crippen molar-refractivity contribution in [2.75, 3.05) is 17.7 Å². The van der Waals surface area contributed by atoms with Crippen LogP contribution in [0.25, 0.3) is 0 Å². The van der Waals surface area contributed by atoms with E-state index in [1.807, 2.05) is 0 Å². The Morgan fingerprint density at radius 2 is 2.06 bits per heavy atom. The molecule has 0 bridgehead atoms. The summed E-state index contributed by atoms with van der Waals surface area (Å²) < 4.78 is 21.4. The highest BCUT2D eigenvalue weighted by molar-refractivity contribution is 7.89. The van der Waals surface area contributed by atoms with Gasteiger partial charge >= 0.3 is 0 Å². The molecule has 18 heavy (non-hydrogen) atoms. The number of anilines is 1. The van der Waals surface area contributed by atoms with E-state index >= 15 is 0 Å². The molecule has 0 heterocycles. The molecule has 1 aromatic rings. The fourth-order valence-corrected chi connectivity index (χ4v) is 1.79. The maximum Gasteiger partial charge on any atom is 0.253 e. The Morgan fingerprint density at radius 3 is 2.61 bits per heavy atom. The van der Waals surface area contributed by atoms with Crippen LogP contribution < -0.4 is 21.7 Å². The molecule has 0 atom stereocenters. The first-order valence-electron chi connectivity index (χ1n) is 4.88. The van der Waals surface area contributed by atoms with Crippen molar-refractivity contribution in [3.8, 4) is 0 Å². The summed E-state index contributed by atoms with van der Waals surface area (Å²) in [6.07, 6.45) is 0. The monoisotopic (exact) mass is 292 g/mol. The van der Waals surface area contributed by atoms with E-state index in [0.29, 0.717) is 10.7 Å². The Morgan fingerprint density at radius 1 is 1.39 bits per heavy atom. The Kier molecular flexibility index (Phi) is 4.91. The van der Waals surface area contributed by atoms with Gasteiger partial charge in [-0.05, 0) is 18.2 Å². The molecular weight excluding hydrogens is 280 g/mol. The Labute approximate surface area is 110 Å². The smallest absolute Gasteiger partial charge is 0.253 e. The molecule has 0 aromatic heterocycles. The van der Waals surface area contributed by atoms with Crippen molar-refractivity contribution in [3.05, 3.63) is 28.8 Å². The van der Waals surface area contributed by atoms with Gasteiger partial charge in [-0.25, -0.2) is 13.6 Å². The van der Waals surface area contributed by atoms with Gasteiger partial charge in [0, 0.05) is 11.6 Å². The number of primary sulfonamides is 1. The highest BCUT2D eigenvalue weighted by Crippen LogP contribution is 2.19. The number of halogens is 1. The van der Waals surface area contributed by atoms with Crippen LogP contribution in [0.4, 0.5) is 5.69 Å². The standard InChI is InChI=1S/C9H13ClN4O3S/c10-6-1-2-8(14-11)7(5-6)9(15)13-3-4-18(12,16)17/h1-2,5,14H,3-4,11H2,(H,13,15)(H2,12,16,17). The van der Waals surface area contributed by atoms with Crippen molar-refractivity contribution in [3.63, 3.8) is 0 Å². The summed E-state index contributed by atoms with van der Waals surface area (Å²) >= 11 is 5.76. The van der Waals surface area contributed by atoms with E-state index in [4.69, 9.17) is 22.6 Å². The number of nitrogen functional groups attached to an aromatic ring is 1. The Hall–Kier alpha value is -1.35. The van der Waals surface area contributed by atoms with Gasteiger partial charge in [0.2, 0.25) is 10.0 Å². The number of amides is 1. The molecule has 0 saturated heterocycles. The van der Waals surface area contributed by atoms with E-state index in [-0.39, 0.29) is 17.9 Å². The number of nitrogens with two attached hydrogens (primary N) is 2. The summed E-state index contributed by atoms with van der Waals surface area (Å²) in [6, 6.07) is 4.53. The maximum absolute atomic E-state index is 11.8. The van der Waals surface area contributed by atoms with Crippen molar-refractivity contribution >= 4 is 33.2 Å². The summed E-state index contributed by atoms with van der Waals surface area (Å²) in [5.74, 6) is 4.41. The summed E-state index contributed by atoms with van der Waals surface area (Å²) in [6.45, 7) is -0.0891. The van der Waals surface area contributed by atoms with Crippen molar-refractivity contribution in [2.24, 2.45) is 11.0 Å². The van der Waals surface area contributed by atoms with Gasteiger partial charge in [0.05, 0.1) is 17.0 Å². The zero-order chi connectivity index (χ0) is 13.8. The topological polar surface area (TPSA) is 127 Å². The number of benzene rings is 1. The minimum absolute atomic E-state index is 0.0891. The minimum atomic E-state index is -3.61. The highest BCUT2D eigenvalue weighted by Gasteiger charge is 2.12. The zero-order valence-corrected chi connectivity index (χ0v) is 10.9. The van der Waals surface area contributed by atoms with Crippen LogP contribution in [0.1, 0.15) is 10.4 Å². The molecule has 7 nitrogen and oxygen atoms in total. The van der Waals surface area contributed by atoms with Crippen molar-refractivity contribution in [1.82, 2.24) is 5.32 Å². The van der Waals surface area contributed by atoms with Crippen LogP contribution in [-0.2, 0) is 10.0 Å². The summed E-state index contributed by atoms with van der Waals surface area (Å²) in [5, 5.41) is 7.58. The first-order valence-corrected chi connectivity index (χ1v) is 6.97. The number of nitrogens with one attached hydrogen (secondary N) is 2. The molecule has 0 spiro atoms. The molecule has 1 amide bonds. The van der Waals surface area contributed by atoms with Crippen LogP contribution in [0.3, 0.4) is 0 Å². The molecular formula is C9H13ClN4O3S. The predicted octanol–water partition coefficient (Wildman–Crippen LogP) is -0.356. The average molecular weight is 293 g/mol. The quantitative estimate of drug-likeness (QED) is 0.435. The Balaban J connectivity index is 2.75. The van der Waals surface area contributed by atoms with Gasteiger partial charge < -0.3 is 10.7 Å². The molecule has 0 aliphatic carbocycles. The van der Waals surface area contributed by atoms with Crippen LogP contribution >= 0.6 is 11.6 Å². The maximum atomic E-state index is 11.8. The second kappa shape index (κ2) is 6.01. The molecule has 1 rings (SSSR count). The molecule has 9 heteroatoms. The lowest BCUT2D eigenvalue weighted by atomic mass is 10.1. The van der Waals surface area contributed by atoms with Gasteiger partial charge in [0.15, 0.2) is 0 Å². The third kappa shape index (κ3) is 4.49. The fourth-order valence-electron chi connectivity index (χ4n) is 1.23. The van der Waals surface area contributed by atoms with Gasteiger partial charge in [-0.2, -0.15) is 0 Å². The molecule has 100 valence electrons. The SMILES string of the molecule is NNc1ccc(Cl)cc1C(=O)NCCS(N)(=O)=O. The zero-order valence-electron chi connectivity index (χ0n) is 9.31. The van der Waals surface area contributed by atoms with Gasteiger partial charge in [-0.15, -0.1) is 0 Å². The molecule has 6 N–H and O–H groups in total. The number of carbonyl (C=O) groups is 1. The minimum Gasteiger partial charge on any atom is -0.351 e. The summed E-state index contributed by atoms with van der Waals surface area (Å²) in [7, 11) is -3.61. The third-order valence-electron chi connectivity index (χ3n) is 2.05. The third-order valence-corrected chi connectivity index (χ3v) is 3.06. The van der Waals surface area contributed by atoms with Crippen molar-refractivity contribution in [1.29, 1.82) is 0 Å². The molecule has 0 aliphatic heterocycles. The average Bonchev–Trinajstić information content (AvgIpc) is 2.27. The highest BCUT2D eigenvalue weighted by atomic mass is 35.5. The van der Waals surface area contributed by atoms with Gasteiger partial charge in [0.25, 0.3) is 5.91 Å². The number of hydrazine groups is 1. The van der Waals surface area contributed by atoms with Crippen molar-refractivity contribution in [2.45, 2.75) is 0 Å². The van der Waals surface area contributed by atoms with E-state index in [1.165, 1.54) is 12.1 Å². The molecule has 0 unspecified atom stereocenters. The van der Waals surface area contributed by atoms with Crippen LogP contribution in [0, 0.1) is 0 Å². The Bertz CT molecular complexity index is 547. The van der Waals surface area contributed by atoms with E-state index in [0.717, 1.165) is 0 Å². The van der Waals surface area contributed by atoms with Gasteiger partial charge in [0.1, 0.15) is 0 Å². The second-order valence-corrected chi connectivity index (χ2v) is 5.63. The molecule has 0 saturated carbocycles. The van der Waals surface area contributed by atoms with E-state index in [9.17, 15) is 13.2 Å². The van der Waals surface area contributed by atoms with Crippen molar-refractivity contribution < 1.29 is 13.2 Å². The van der Waals surface area contributed by atoms with Gasteiger partial charge in [-0.1, -0.05) is 11.6 Å². The van der Waals surface area contributed by atoms with Crippen LogP contribution in [-0.4, -0.2) is 26.6 Å². The fraction of sp³-hybridized carbons (Fsp3) is 0.222. The lowest BCUT2D eigenvalue weighted by Crippen LogP contribution is -2.32. The molecule has 0 radical (unpaired) electrons. The number of carbonyl (C=O) groups excluding carboxylic acids is 1. The lowest BCUT2D eigenvalue weighted by Gasteiger charge is -2.09. The van der Waals surface area contributed by atoms with Crippen LogP contribution in [0.2, 0.25) is 5.02 Å². The second-order valence-electron chi connectivity index (χ2n) is 3.46. The summed E-state index contributed by atoms with van der Waals surface area (Å²) in [5.41, 5.74) is 2.95. The molecule has 0 fully saturated rings. The number of hydrogen-bond donors (Lipinski definition) is 4. The van der Waals surface area contributed by atoms with Gasteiger partial charge in [-0.3, -0.25) is 10.6 Å². The lowest BCUT2D eigenvalue weighted by molar-refractivity contribution is 0.0957. The number of hydrogen-bond acceptors (Lipinski definition) is 5. The molecule has 0 aliphatic rings. The van der Waals surface area contributed by atoms with E-state index in [2.05, 4.69) is 10.7 Å². The van der Waals surface area contributed by atoms with Crippen LogP contribution in [0.5, 0.6) is 0 Å². The largest absolute Gasteiger partial charge is 0.351 e. The predicted molar refractivity (Wildman–Crippen MR) is 69.6 cm³/mol.